The summed E-state index contributed by atoms with van der Waals surface area (Å²) in [6, 6.07) is 9.32. The molecule has 3 rings (SSSR count). The minimum Gasteiger partial charge on any atom is -0.463 e. The van der Waals surface area contributed by atoms with Gasteiger partial charge in [-0.25, -0.2) is 4.68 Å². The second kappa shape index (κ2) is 12.9. The standard InChI is InChI=1S/C23H26IN3O10/c1-12(28)32-11-18-19(34-13(2)29)20(35-14(3)30)21(36-15(4)31)23(37-18)33-10-17-22(24)27(26-25-17)16-8-6-5-7-9-16/h5-9,18-21,23H,10-11H2,1-4H3/t18-,19-,20+,21-,23-/m1/s1. The fourth-order valence-corrected chi connectivity index (χ4v) is 4.25. The first-order valence-electron chi connectivity index (χ1n) is 11.1. The Hall–Kier alpha value is -3.11. The molecule has 1 aliphatic heterocycles. The Morgan fingerprint density at radius 1 is 0.892 bits per heavy atom. The topological polar surface area (TPSA) is 154 Å². The van der Waals surface area contributed by atoms with Gasteiger partial charge in [-0.1, -0.05) is 23.4 Å². The molecule has 1 aromatic carbocycles. The maximum atomic E-state index is 11.9. The molecule has 0 aliphatic carbocycles. The van der Waals surface area contributed by atoms with Gasteiger partial charge in [0.15, 0.2) is 24.6 Å². The molecule has 0 radical (unpaired) electrons. The van der Waals surface area contributed by atoms with Crippen LogP contribution in [0.15, 0.2) is 30.3 Å². The maximum Gasteiger partial charge on any atom is 0.303 e. The molecule has 0 amide bonds. The number of carbonyl (C=O) groups excluding carboxylic acids is 4. The molecule has 0 saturated carbocycles. The number of halogens is 1. The monoisotopic (exact) mass is 631 g/mol. The average molecular weight is 631 g/mol. The predicted molar refractivity (Wildman–Crippen MR) is 131 cm³/mol. The molecule has 1 aromatic heterocycles. The highest BCUT2D eigenvalue weighted by Crippen LogP contribution is 2.30. The van der Waals surface area contributed by atoms with Crippen LogP contribution in [0.3, 0.4) is 0 Å². The van der Waals surface area contributed by atoms with Crippen molar-refractivity contribution >= 4 is 46.5 Å². The number of nitrogens with zero attached hydrogens (tertiary/aromatic N) is 3. The largest absolute Gasteiger partial charge is 0.463 e. The molecule has 0 spiro atoms. The number of rotatable bonds is 9. The fraction of sp³-hybridized carbons (Fsp3) is 0.478. The van der Waals surface area contributed by atoms with Crippen molar-refractivity contribution in [3.05, 3.63) is 39.7 Å². The van der Waals surface area contributed by atoms with Gasteiger partial charge in [-0.3, -0.25) is 19.2 Å². The van der Waals surface area contributed by atoms with Gasteiger partial charge in [-0.05, 0) is 34.7 Å². The van der Waals surface area contributed by atoms with Gasteiger partial charge < -0.3 is 28.4 Å². The Morgan fingerprint density at radius 2 is 1.49 bits per heavy atom. The lowest BCUT2D eigenvalue weighted by Crippen LogP contribution is -2.62. The molecule has 200 valence electrons. The van der Waals surface area contributed by atoms with E-state index in [2.05, 4.69) is 32.9 Å². The average Bonchev–Trinajstić information content (AvgIpc) is 3.19. The number of para-hydroxylation sites is 1. The van der Waals surface area contributed by atoms with E-state index in [0.717, 1.165) is 26.5 Å². The number of benzene rings is 1. The quantitative estimate of drug-likeness (QED) is 0.224. The summed E-state index contributed by atoms with van der Waals surface area (Å²) in [5.41, 5.74) is 1.25. The van der Waals surface area contributed by atoms with Crippen LogP contribution in [0, 0.1) is 3.70 Å². The van der Waals surface area contributed by atoms with Crippen LogP contribution in [-0.2, 0) is 54.2 Å². The van der Waals surface area contributed by atoms with Gasteiger partial charge in [0.05, 0.1) is 12.3 Å². The molecular formula is C23H26IN3O10. The smallest absolute Gasteiger partial charge is 0.303 e. The minimum atomic E-state index is -1.32. The van der Waals surface area contributed by atoms with Crippen molar-refractivity contribution in [3.63, 3.8) is 0 Å². The van der Waals surface area contributed by atoms with Gasteiger partial charge in [0.1, 0.15) is 22.1 Å². The van der Waals surface area contributed by atoms with Gasteiger partial charge in [-0.15, -0.1) is 5.10 Å². The Morgan fingerprint density at radius 3 is 2.08 bits per heavy atom. The van der Waals surface area contributed by atoms with E-state index in [1.807, 2.05) is 30.3 Å². The molecule has 2 aromatic rings. The van der Waals surface area contributed by atoms with E-state index in [0.29, 0.717) is 9.39 Å². The number of ether oxygens (including phenoxy) is 6. The summed E-state index contributed by atoms with van der Waals surface area (Å²) in [6.45, 7) is 4.17. The van der Waals surface area contributed by atoms with Gasteiger partial charge in [0.25, 0.3) is 0 Å². The summed E-state index contributed by atoms with van der Waals surface area (Å²) in [5.74, 6) is -2.78. The SMILES string of the molecule is CC(=O)OC[C@H]1O[C@@H](OCc2nnn(-c3ccccc3)c2I)[C@H](OC(C)=O)[C@@H](OC(C)=O)[C@@H]1OC(C)=O. The number of hydrogen-bond acceptors (Lipinski definition) is 12. The first-order valence-corrected chi connectivity index (χ1v) is 12.2. The summed E-state index contributed by atoms with van der Waals surface area (Å²) in [5, 5.41) is 8.30. The molecule has 1 aliphatic rings. The van der Waals surface area contributed by atoms with Crippen LogP contribution < -0.4 is 0 Å². The zero-order chi connectivity index (χ0) is 27.1. The summed E-state index contributed by atoms with van der Waals surface area (Å²) < 4.78 is 35.3. The Balaban J connectivity index is 1.89. The van der Waals surface area contributed by atoms with E-state index >= 15 is 0 Å². The highest BCUT2D eigenvalue weighted by atomic mass is 127. The van der Waals surface area contributed by atoms with Crippen molar-refractivity contribution in [1.82, 2.24) is 15.0 Å². The van der Waals surface area contributed by atoms with E-state index < -0.39 is 54.6 Å². The third-order valence-electron chi connectivity index (χ3n) is 5.01. The molecule has 1 saturated heterocycles. The van der Waals surface area contributed by atoms with E-state index in [1.54, 1.807) is 4.68 Å². The Bertz CT molecular complexity index is 1130. The molecule has 1 fully saturated rings. The van der Waals surface area contributed by atoms with Crippen molar-refractivity contribution in [1.29, 1.82) is 0 Å². The summed E-state index contributed by atoms with van der Waals surface area (Å²) in [6.07, 6.45) is -6.31. The fourth-order valence-electron chi connectivity index (χ4n) is 3.61. The van der Waals surface area contributed by atoms with Crippen molar-refractivity contribution in [2.75, 3.05) is 6.61 Å². The Labute approximate surface area is 225 Å². The summed E-state index contributed by atoms with van der Waals surface area (Å²) in [7, 11) is 0. The van der Waals surface area contributed by atoms with E-state index in [9.17, 15) is 19.2 Å². The first kappa shape index (κ1) is 28.5. The third kappa shape index (κ3) is 7.69. The molecule has 13 nitrogen and oxygen atoms in total. The highest BCUT2D eigenvalue weighted by Gasteiger charge is 2.52. The molecule has 0 N–H and O–H groups in total. The molecular weight excluding hydrogens is 605 g/mol. The molecule has 37 heavy (non-hydrogen) atoms. The van der Waals surface area contributed by atoms with Gasteiger partial charge in [-0.2, -0.15) is 0 Å². The second-order valence-corrected chi connectivity index (χ2v) is 8.97. The second-order valence-electron chi connectivity index (χ2n) is 7.95. The normalized spacial score (nSPS) is 23.1. The molecule has 2 heterocycles. The van der Waals surface area contributed by atoms with Crippen molar-refractivity contribution < 1.29 is 47.6 Å². The van der Waals surface area contributed by atoms with E-state index in [-0.39, 0.29) is 13.2 Å². The number of carbonyl (C=O) groups is 4. The van der Waals surface area contributed by atoms with Crippen molar-refractivity contribution in [3.8, 4) is 5.69 Å². The highest BCUT2D eigenvalue weighted by molar-refractivity contribution is 14.1. The van der Waals surface area contributed by atoms with Crippen LogP contribution in [0.5, 0.6) is 0 Å². The molecule has 0 unspecified atom stereocenters. The van der Waals surface area contributed by atoms with Crippen LogP contribution in [-0.4, -0.2) is 76.2 Å². The number of aromatic nitrogens is 3. The maximum absolute atomic E-state index is 11.9. The van der Waals surface area contributed by atoms with Crippen molar-refractivity contribution in [2.45, 2.75) is 65.0 Å². The molecule has 0 bridgehead atoms. The van der Waals surface area contributed by atoms with E-state index in [1.165, 1.54) is 6.92 Å². The van der Waals surface area contributed by atoms with Crippen LogP contribution in [0.25, 0.3) is 5.69 Å². The lowest BCUT2D eigenvalue weighted by Gasteiger charge is -2.43. The van der Waals surface area contributed by atoms with E-state index in [4.69, 9.17) is 28.4 Å². The summed E-state index contributed by atoms with van der Waals surface area (Å²) >= 11 is 2.07. The van der Waals surface area contributed by atoms with Crippen molar-refractivity contribution in [2.24, 2.45) is 0 Å². The minimum absolute atomic E-state index is 0.126. The summed E-state index contributed by atoms with van der Waals surface area (Å²) in [4.78, 5) is 47.1. The van der Waals surface area contributed by atoms with Crippen LogP contribution in [0.4, 0.5) is 0 Å². The zero-order valence-electron chi connectivity index (χ0n) is 20.5. The molecule has 14 heteroatoms. The lowest BCUT2D eigenvalue weighted by molar-refractivity contribution is -0.310. The lowest BCUT2D eigenvalue weighted by atomic mass is 9.98. The molecule has 5 atom stereocenters. The van der Waals surface area contributed by atoms with Gasteiger partial charge in [0, 0.05) is 27.7 Å². The predicted octanol–water partition coefficient (Wildman–Crippen LogP) is 1.47. The number of esters is 4. The Kier molecular flexibility index (Phi) is 9.93. The number of hydrogen-bond donors (Lipinski definition) is 0. The van der Waals surface area contributed by atoms with Gasteiger partial charge in [0.2, 0.25) is 0 Å². The van der Waals surface area contributed by atoms with Gasteiger partial charge >= 0.3 is 23.9 Å². The zero-order valence-corrected chi connectivity index (χ0v) is 22.6. The third-order valence-corrected chi connectivity index (χ3v) is 6.09. The van der Waals surface area contributed by atoms with Crippen LogP contribution in [0.1, 0.15) is 33.4 Å². The first-order chi connectivity index (χ1) is 17.6. The van der Waals surface area contributed by atoms with Crippen LogP contribution >= 0.6 is 22.6 Å². The van der Waals surface area contributed by atoms with Crippen LogP contribution in [0.2, 0.25) is 0 Å².